The van der Waals surface area contributed by atoms with Gasteiger partial charge in [0.2, 0.25) is 11.2 Å². The van der Waals surface area contributed by atoms with Gasteiger partial charge >= 0.3 is 6.01 Å². The standard InChI is InChI=1S/C11H17ClN4O2/c1-2-6-18-11-14-9(12)13-10(15-11)16-5-3-4-8(16)7-17/h8,17H,2-7H2,1H3. The van der Waals surface area contributed by atoms with E-state index in [-0.39, 0.29) is 23.9 Å². The Morgan fingerprint density at radius 1 is 1.44 bits per heavy atom. The lowest BCUT2D eigenvalue weighted by molar-refractivity contribution is 0.264. The van der Waals surface area contributed by atoms with Gasteiger partial charge in [0.15, 0.2) is 0 Å². The molecule has 1 aromatic heterocycles. The van der Waals surface area contributed by atoms with Gasteiger partial charge in [-0.2, -0.15) is 15.0 Å². The molecular weight excluding hydrogens is 256 g/mol. The molecule has 18 heavy (non-hydrogen) atoms. The SMILES string of the molecule is CCCOc1nc(Cl)nc(N2CCCC2CO)n1. The zero-order valence-electron chi connectivity index (χ0n) is 10.3. The van der Waals surface area contributed by atoms with Gasteiger partial charge in [-0.15, -0.1) is 0 Å². The van der Waals surface area contributed by atoms with Crippen LogP contribution < -0.4 is 9.64 Å². The molecule has 1 saturated heterocycles. The van der Waals surface area contributed by atoms with Gasteiger partial charge in [0.1, 0.15) is 0 Å². The Morgan fingerprint density at radius 3 is 3.00 bits per heavy atom. The molecule has 2 heterocycles. The van der Waals surface area contributed by atoms with Crippen molar-refractivity contribution in [1.82, 2.24) is 15.0 Å². The molecule has 0 bridgehead atoms. The fourth-order valence-electron chi connectivity index (χ4n) is 2.00. The lowest BCUT2D eigenvalue weighted by atomic mass is 10.2. The highest BCUT2D eigenvalue weighted by Gasteiger charge is 2.26. The van der Waals surface area contributed by atoms with E-state index in [4.69, 9.17) is 16.3 Å². The number of nitrogens with zero attached hydrogens (tertiary/aromatic N) is 4. The third kappa shape index (κ3) is 3.00. The molecule has 0 amide bonds. The summed E-state index contributed by atoms with van der Waals surface area (Å²) in [4.78, 5) is 14.2. The van der Waals surface area contributed by atoms with Gasteiger partial charge in [0.25, 0.3) is 0 Å². The molecule has 100 valence electrons. The maximum absolute atomic E-state index is 9.30. The summed E-state index contributed by atoms with van der Waals surface area (Å²) < 4.78 is 5.37. The summed E-state index contributed by atoms with van der Waals surface area (Å²) in [5.74, 6) is 0.484. The van der Waals surface area contributed by atoms with E-state index in [1.165, 1.54) is 0 Å². The van der Waals surface area contributed by atoms with Crippen molar-refractivity contribution in [2.75, 3.05) is 24.7 Å². The Kier molecular flexibility index (Phi) is 4.54. The van der Waals surface area contributed by atoms with Crippen LogP contribution >= 0.6 is 11.6 Å². The van der Waals surface area contributed by atoms with E-state index in [0.29, 0.717) is 12.6 Å². The first-order valence-corrected chi connectivity index (χ1v) is 6.54. The van der Waals surface area contributed by atoms with Gasteiger partial charge < -0.3 is 14.7 Å². The molecule has 1 atom stereocenters. The highest BCUT2D eigenvalue weighted by molar-refractivity contribution is 6.28. The number of anilines is 1. The Hall–Kier alpha value is -1.14. The van der Waals surface area contributed by atoms with Gasteiger partial charge in [0, 0.05) is 6.54 Å². The molecule has 1 aromatic rings. The van der Waals surface area contributed by atoms with Gasteiger partial charge in [-0.3, -0.25) is 0 Å². The highest BCUT2D eigenvalue weighted by atomic mass is 35.5. The molecule has 0 aromatic carbocycles. The van der Waals surface area contributed by atoms with Crippen molar-refractivity contribution in [3.8, 4) is 6.01 Å². The van der Waals surface area contributed by atoms with E-state index in [2.05, 4.69) is 15.0 Å². The first-order chi connectivity index (χ1) is 8.74. The first-order valence-electron chi connectivity index (χ1n) is 6.16. The molecular formula is C11H17ClN4O2. The third-order valence-corrected chi connectivity index (χ3v) is 3.02. The van der Waals surface area contributed by atoms with Crippen molar-refractivity contribution in [3.63, 3.8) is 0 Å². The molecule has 1 unspecified atom stereocenters. The van der Waals surface area contributed by atoms with Crippen molar-refractivity contribution in [3.05, 3.63) is 5.28 Å². The molecule has 7 heteroatoms. The van der Waals surface area contributed by atoms with Crippen LogP contribution in [0.1, 0.15) is 26.2 Å². The summed E-state index contributed by atoms with van der Waals surface area (Å²) in [7, 11) is 0. The second kappa shape index (κ2) is 6.15. The number of hydrogen-bond acceptors (Lipinski definition) is 6. The average molecular weight is 273 g/mol. The lowest BCUT2D eigenvalue weighted by Crippen LogP contribution is -2.33. The van der Waals surface area contributed by atoms with Gasteiger partial charge in [-0.05, 0) is 30.9 Å². The minimum atomic E-state index is 0.0579. The Morgan fingerprint density at radius 2 is 2.28 bits per heavy atom. The number of aromatic nitrogens is 3. The maximum Gasteiger partial charge on any atom is 0.322 e. The molecule has 1 aliphatic rings. The predicted molar refractivity (Wildman–Crippen MR) is 68.1 cm³/mol. The fourth-order valence-corrected chi connectivity index (χ4v) is 2.15. The van der Waals surface area contributed by atoms with Crippen LogP contribution in [0.4, 0.5) is 5.95 Å². The average Bonchev–Trinajstić information content (AvgIpc) is 2.84. The predicted octanol–water partition coefficient (Wildman–Crippen LogP) is 1.27. The van der Waals surface area contributed by atoms with Crippen LogP contribution in [-0.4, -0.2) is 45.9 Å². The van der Waals surface area contributed by atoms with Crippen LogP contribution in [0.2, 0.25) is 5.28 Å². The van der Waals surface area contributed by atoms with Crippen molar-refractivity contribution < 1.29 is 9.84 Å². The molecule has 0 spiro atoms. The van der Waals surface area contributed by atoms with E-state index in [1.807, 2.05) is 11.8 Å². The van der Waals surface area contributed by atoms with E-state index in [1.54, 1.807) is 0 Å². The van der Waals surface area contributed by atoms with E-state index < -0.39 is 0 Å². The Bertz CT molecular complexity index is 405. The molecule has 1 N–H and O–H groups in total. The Labute approximate surface area is 111 Å². The van der Waals surface area contributed by atoms with Crippen LogP contribution in [0.15, 0.2) is 0 Å². The van der Waals surface area contributed by atoms with Crippen LogP contribution in [-0.2, 0) is 0 Å². The van der Waals surface area contributed by atoms with E-state index in [9.17, 15) is 5.11 Å². The van der Waals surface area contributed by atoms with Crippen LogP contribution in [0, 0.1) is 0 Å². The van der Waals surface area contributed by atoms with Gasteiger partial charge in [-0.1, -0.05) is 6.92 Å². The minimum absolute atomic E-state index is 0.0579. The summed E-state index contributed by atoms with van der Waals surface area (Å²) in [6.07, 6.45) is 2.83. The molecule has 0 saturated carbocycles. The molecule has 0 aliphatic carbocycles. The summed E-state index contributed by atoms with van der Waals surface area (Å²) >= 11 is 5.87. The second-order valence-electron chi connectivity index (χ2n) is 4.21. The largest absolute Gasteiger partial charge is 0.463 e. The summed E-state index contributed by atoms with van der Waals surface area (Å²) in [5.41, 5.74) is 0. The molecule has 1 fully saturated rings. The van der Waals surface area contributed by atoms with E-state index >= 15 is 0 Å². The number of aliphatic hydroxyl groups excluding tert-OH is 1. The number of hydrogen-bond donors (Lipinski definition) is 1. The van der Waals surface area contributed by atoms with E-state index in [0.717, 1.165) is 25.8 Å². The molecule has 6 nitrogen and oxygen atoms in total. The van der Waals surface area contributed by atoms with Crippen molar-refractivity contribution in [2.24, 2.45) is 0 Å². The van der Waals surface area contributed by atoms with Crippen molar-refractivity contribution in [1.29, 1.82) is 0 Å². The van der Waals surface area contributed by atoms with Crippen LogP contribution in [0.5, 0.6) is 6.01 Å². The molecule has 2 rings (SSSR count). The summed E-state index contributed by atoms with van der Waals surface area (Å²) in [6.45, 7) is 3.46. The summed E-state index contributed by atoms with van der Waals surface area (Å²) in [5, 5.41) is 9.42. The Balaban J connectivity index is 2.18. The fraction of sp³-hybridized carbons (Fsp3) is 0.727. The topological polar surface area (TPSA) is 71.4 Å². The summed E-state index contributed by atoms with van der Waals surface area (Å²) in [6, 6.07) is 0.304. The zero-order chi connectivity index (χ0) is 13.0. The molecule has 1 aliphatic heterocycles. The zero-order valence-corrected chi connectivity index (χ0v) is 11.1. The molecule has 0 radical (unpaired) electrons. The quantitative estimate of drug-likeness (QED) is 0.870. The highest BCUT2D eigenvalue weighted by Crippen LogP contribution is 2.24. The minimum Gasteiger partial charge on any atom is -0.463 e. The third-order valence-electron chi connectivity index (χ3n) is 2.86. The first kappa shape index (κ1) is 13.3. The van der Waals surface area contributed by atoms with Crippen LogP contribution in [0.3, 0.4) is 0 Å². The normalized spacial score (nSPS) is 19.3. The van der Waals surface area contributed by atoms with Crippen LogP contribution in [0.25, 0.3) is 0 Å². The van der Waals surface area contributed by atoms with Gasteiger partial charge in [0.05, 0.1) is 19.3 Å². The maximum atomic E-state index is 9.30. The number of ether oxygens (including phenoxy) is 1. The van der Waals surface area contributed by atoms with Crippen molar-refractivity contribution >= 4 is 17.5 Å². The second-order valence-corrected chi connectivity index (χ2v) is 4.55. The number of halogens is 1. The van der Waals surface area contributed by atoms with Crippen molar-refractivity contribution in [2.45, 2.75) is 32.2 Å². The van der Waals surface area contributed by atoms with Gasteiger partial charge in [-0.25, -0.2) is 0 Å². The monoisotopic (exact) mass is 272 g/mol. The smallest absolute Gasteiger partial charge is 0.322 e. The lowest BCUT2D eigenvalue weighted by Gasteiger charge is -2.22. The number of rotatable bonds is 5. The number of aliphatic hydroxyl groups is 1.